The first-order valence-electron chi connectivity index (χ1n) is 5.62. The van der Waals surface area contributed by atoms with Crippen LogP contribution in [0.15, 0.2) is 24.4 Å². The Kier molecular flexibility index (Phi) is 4.07. The Morgan fingerprint density at radius 2 is 2.26 bits per heavy atom. The van der Waals surface area contributed by atoms with Crippen molar-refractivity contribution in [1.82, 2.24) is 4.98 Å². The van der Waals surface area contributed by atoms with Crippen molar-refractivity contribution in [2.24, 2.45) is 0 Å². The highest BCUT2D eigenvalue weighted by atomic mass is 35.5. The summed E-state index contributed by atoms with van der Waals surface area (Å²) >= 11 is 7.38. The molecule has 2 aromatic rings. The summed E-state index contributed by atoms with van der Waals surface area (Å²) in [6, 6.07) is 5.56. The van der Waals surface area contributed by atoms with E-state index >= 15 is 0 Å². The van der Waals surface area contributed by atoms with E-state index in [9.17, 15) is 9.90 Å². The van der Waals surface area contributed by atoms with E-state index in [0.29, 0.717) is 12.2 Å². The molecular weight excluding hydrogens is 284 g/mol. The molecule has 0 aliphatic heterocycles. The predicted octanol–water partition coefficient (Wildman–Crippen LogP) is 3.44. The van der Waals surface area contributed by atoms with Gasteiger partial charge in [0.2, 0.25) is 0 Å². The molecular formula is C13H13ClN2O2S. The Balaban J connectivity index is 2.29. The number of pyridine rings is 1. The SMILES string of the molecule is Cc1cc(N(C)Cc2ccc(Cl)s2)c(C(=O)O)cn1. The average molecular weight is 297 g/mol. The summed E-state index contributed by atoms with van der Waals surface area (Å²) in [5.41, 5.74) is 1.65. The van der Waals surface area contributed by atoms with Crippen molar-refractivity contribution in [3.63, 3.8) is 0 Å². The minimum Gasteiger partial charge on any atom is -0.478 e. The number of hydrogen-bond acceptors (Lipinski definition) is 4. The van der Waals surface area contributed by atoms with E-state index in [2.05, 4.69) is 4.98 Å². The molecule has 0 amide bonds. The largest absolute Gasteiger partial charge is 0.478 e. The molecule has 2 aromatic heterocycles. The molecule has 0 saturated heterocycles. The number of anilines is 1. The van der Waals surface area contributed by atoms with Crippen molar-refractivity contribution >= 4 is 34.6 Å². The first-order chi connectivity index (χ1) is 8.97. The van der Waals surface area contributed by atoms with Gasteiger partial charge in [0.15, 0.2) is 0 Å². The quantitative estimate of drug-likeness (QED) is 0.939. The monoisotopic (exact) mass is 296 g/mol. The fraction of sp³-hybridized carbons (Fsp3) is 0.231. The lowest BCUT2D eigenvalue weighted by Crippen LogP contribution is -2.19. The number of hydrogen-bond donors (Lipinski definition) is 1. The number of halogens is 1. The van der Waals surface area contributed by atoms with Crippen LogP contribution in [0.2, 0.25) is 4.34 Å². The van der Waals surface area contributed by atoms with Gasteiger partial charge in [0, 0.05) is 23.8 Å². The number of aromatic nitrogens is 1. The molecule has 100 valence electrons. The van der Waals surface area contributed by atoms with Crippen molar-refractivity contribution in [2.45, 2.75) is 13.5 Å². The number of aromatic carboxylic acids is 1. The zero-order valence-electron chi connectivity index (χ0n) is 10.6. The summed E-state index contributed by atoms with van der Waals surface area (Å²) in [7, 11) is 1.86. The maximum absolute atomic E-state index is 11.2. The molecule has 19 heavy (non-hydrogen) atoms. The molecule has 0 saturated carbocycles. The highest BCUT2D eigenvalue weighted by Gasteiger charge is 2.15. The van der Waals surface area contributed by atoms with Crippen LogP contribution in [0.5, 0.6) is 0 Å². The fourth-order valence-electron chi connectivity index (χ4n) is 1.78. The second kappa shape index (κ2) is 5.59. The molecule has 0 fully saturated rings. The van der Waals surface area contributed by atoms with Gasteiger partial charge in [-0.05, 0) is 25.1 Å². The lowest BCUT2D eigenvalue weighted by atomic mass is 10.2. The molecule has 0 unspecified atom stereocenters. The Bertz CT molecular complexity index is 612. The molecule has 6 heteroatoms. The van der Waals surface area contributed by atoms with Gasteiger partial charge in [0.1, 0.15) is 5.56 Å². The van der Waals surface area contributed by atoms with Crippen LogP contribution in [0.1, 0.15) is 20.9 Å². The Morgan fingerprint density at radius 1 is 1.53 bits per heavy atom. The van der Waals surface area contributed by atoms with E-state index in [1.165, 1.54) is 17.5 Å². The minimum absolute atomic E-state index is 0.204. The highest BCUT2D eigenvalue weighted by Crippen LogP contribution is 2.26. The number of carboxylic acid groups (broad SMARTS) is 1. The molecule has 4 nitrogen and oxygen atoms in total. The highest BCUT2D eigenvalue weighted by molar-refractivity contribution is 7.16. The van der Waals surface area contributed by atoms with E-state index in [4.69, 9.17) is 11.6 Å². The van der Waals surface area contributed by atoms with E-state index in [1.54, 1.807) is 6.07 Å². The zero-order valence-corrected chi connectivity index (χ0v) is 12.1. The summed E-state index contributed by atoms with van der Waals surface area (Å²) in [5.74, 6) is -0.974. The molecule has 0 aliphatic rings. The van der Waals surface area contributed by atoms with Gasteiger partial charge in [-0.15, -0.1) is 11.3 Å². The third-order valence-corrected chi connectivity index (χ3v) is 3.90. The maximum atomic E-state index is 11.2. The van der Waals surface area contributed by atoms with Crippen molar-refractivity contribution in [3.05, 3.63) is 44.9 Å². The van der Waals surface area contributed by atoms with Gasteiger partial charge < -0.3 is 10.0 Å². The van der Waals surface area contributed by atoms with Gasteiger partial charge in [-0.25, -0.2) is 4.79 Å². The Morgan fingerprint density at radius 3 is 2.84 bits per heavy atom. The number of rotatable bonds is 4. The van der Waals surface area contributed by atoms with Gasteiger partial charge in [-0.3, -0.25) is 4.98 Å². The molecule has 0 atom stereocenters. The van der Waals surface area contributed by atoms with E-state index in [1.807, 2.05) is 31.0 Å². The second-order valence-corrected chi connectivity index (χ2v) is 6.01. The molecule has 2 rings (SSSR count). The zero-order chi connectivity index (χ0) is 14.0. The lowest BCUT2D eigenvalue weighted by Gasteiger charge is -2.20. The lowest BCUT2D eigenvalue weighted by molar-refractivity contribution is 0.0697. The normalized spacial score (nSPS) is 10.5. The number of carboxylic acids is 1. The van der Waals surface area contributed by atoms with Crippen LogP contribution in [-0.4, -0.2) is 23.1 Å². The molecule has 0 spiro atoms. The summed E-state index contributed by atoms with van der Waals surface area (Å²) in [5, 5.41) is 9.19. The van der Waals surface area contributed by atoms with Crippen LogP contribution in [0.25, 0.3) is 0 Å². The number of aryl methyl sites for hydroxylation is 1. The summed E-state index contributed by atoms with van der Waals surface area (Å²) in [6.07, 6.45) is 1.39. The molecule has 0 aliphatic carbocycles. The molecule has 0 aromatic carbocycles. The van der Waals surface area contributed by atoms with Crippen LogP contribution >= 0.6 is 22.9 Å². The van der Waals surface area contributed by atoms with Gasteiger partial charge in [-0.1, -0.05) is 11.6 Å². The number of thiophene rings is 1. The van der Waals surface area contributed by atoms with Crippen molar-refractivity contribution in [2.75, 3.05) is 11.9 Å². The van der Waals surface area contributed by atoms with Crippen LogP contribution in [0.3, 0.4) is 0 Å². The van der Waals surface area contributed by atoms with Gasteiger partial charge in [-0.2, -0.15) is 0 Å². The smallest absolute Gasteiger partial charge is 0.339 e. The number of nitrogens with zero attached hydrogens (tertiary/aromatic N) is 2. The topological polar surface area (TPSA) is 53.4 Å². The maximum Gasteiger partial charge on any atom is 0.339 e. The van der Waals surface area contributed by atoms with Gasteiger partial charge in [0.05, 0.1) is 16.6 Å². The van der Waals surface area contributed by atoms with Crippen LogP contribution in [-0.2, 0) is 6.54 Å². The van der Waals surface area contributed by atoms with Crippen LogP contribution in [0, 0.1) is 6.92 Å². The summed E-state index contributed by atoms with van der Waals surface area (Å²) < 4.78 is 0.729. The Labute approximate surface area is 120 Å². The third-order valence-electron chi connectivity index (χ3n) is 2.68. The van der Waals surface area contributed by atoms with Crippen LogP contribution in [0.4, 0.5) is 5.69 Å². The molecule has 0 radical (unpaired) electrons. The first kappa shape index (κ1) is 13.8. The van der Waals surface area contributed by atoms with Gasteiger partial charge >= 0.3 is 5.97 Å². The van der Waals surface area contributed by atoms with E-state index < -0.39 is 5.97 Å². The van der Waals surface area contributed by atoms with Gasteiger partial charge in [0.25, 0.3) is 0 Å². The predicted molar refractivity (Wildman–Crippen MR) is 77.4 cm³/mol. The second-order valence-electron chi connectivity index (χ2n) is 4.21. The van der Waals surface area contributed by atoms with Crippen molar-refractivity contribution < 1.29 is 9.90 Å². The molecule has 0 bridgehead atoms. The Hall–Kier alpha value is -1.59. The van der Waals surface area contributed by atoms with E-state index in [0.717, 1.165) is 14.9 Å². The third kappa shape index (κ3) is 3.24. The number of carbonyl (C=O) groups is 1. The first-order valence-corrected chi connectivity index (χ1v) is 6.82. The van der Waals surface area contributed by atoms with Crippen molar-refractivity contribution in [1.29, 1.82) is 0 Å². The van der Waals surface area contributed by atoms with Crippen molar-refractivity contribution in [3.8, 4) is 0 Å². The molecule has 2 heterocycles. The average Bonchev–Trinajstić information content (AvgIpc) is 2.74. The molecule has 1 N–H and O–H groups in total. The summed E-state index contributed by atoms with van der Waals surface area (Å²) in [6.45, 7) is 2.45. The summed E-state index contributed by atoms with van der Waals surface area (Å²) in [4.78, 5) is 18.2. The minimum atomic E-state index is -0.974. The standard InChI is InChI=1S/C13H13ClN2O2S/c1-8-5-11(10(6-15-8)13(17)18)16(2)7-9-3-4-12(14)19-9/h3-6H,7H2,1-2H3,(H,17,18). The van der Waals surface area contributed by atoms with Crippen LogP contribution < -0.4 is 4.90 Å². The fourth-order valence-corrected chi connectivity index (χ4v) is 2.92. The van der Waals surface area contributed by atoms with E-state index in [-0.39, 0.29) is 5.56 Å².